The highest BCUT2D eigenvalue weighted by Crippen LogP contribution is 2.35. The van der Waals surface area contributed by atoms with Gasteiger partial charge in [-0.1, -0.05) is 6.92 Å². The first-order valence-corrected chi connectivity index (χ1v) is 4.82. The SMILES string of the molecule is C[C@H]1[C@H](O)[C@H](O)[C@@H](O)[C@H]1CC(O)CO. The standard InChI is InChI=1S/C9H18O5/c1-4-6(2-5(11)3-10)8(13)9(14)7(4)12/h4-14H,2-3H2,1H3/t4-,5?,6+,7+,8+,9+/m1/s1. The molecule has 5 heteroatoms. The third-order valence-electron chi connectivity index (χ3n) is 3.11. The number of aliphatic hydroxyl groups excluding tert-OH is 5. The minimum atomic E-state index is -1.15. The van der Waals surface area contributed by atoms with Crippen molar-refractivity contribution in [3.05, 3.63) is 0 Å². The first-order valence-electron chi connectivity index (χ1n) is 4.82. The summed E-state index contributed by atoms with van der Waals surface area (Å²) in [6.45, 7) is 1.33. The Kier molecular flexibility index (Phi) is 3.86. The molecule has 0 aromatic carbocycles. The van der Waals surface area contributed by atoms with Gasteiger partial charge in [-0.05, 0) is 18.3 Å². The Labute approximate surface area is 82.6 Å². The molecule has 84 valence electrons. The molecule has 5 N–H and O–H groups in total. The zero-order valence-electron chi connectivity index (χ0n) is 8.11. The van der Waals surface area contributed by atoms with E-state index in [4.69, 9.17) is 5.11 Å². The van der Waals surface area contributed by atoms with Gasteiger partial charge in [-0.3, -0.25) is 0 Å². The topological polar surface area (TPSA) is 101 Å². The molecule has 1 unspecified atom stereocenters. The highest BCUT2D eigenvalue weighted by Gasteiger charge is 2.46. The number of hydrogen-bond acceptors (Lipinski definition) is 5. The van der Waals surface area contributed by atoms with Gasteiger partial charge in [-0.15, -0.1) is 0 Å². The summed E-state index contributed by atoms with van der Waals surface area (Å²) in [7, 11) is 0. The summed E-state index contributed by atoms with van der Waals surface area (Å²) in [5.74, 6) is -0.650. The van der Waals surface area contributed by atoms with Crippen LogP contribution in [0.1, 0.15) is 13.3 Å². The van der Waals surface area contributed by atoms with Crippen molar-refractivity contribution >= 4 is 0 Å². The molecule has 0 aromatic heterocycles. The quantitative estimate of drug-likeness (QED) is 0.370. The van der Waals surface area contributed by atoms with E-state index < -0.39 is 24.4 Å². The zero-order chi connectivity index (χ0) is 10.9. The van der Waals surface area contributed by atoms with Crippen molar-refractivity contribution in [2.75, 3.05) is 6.61 Å². The summed E-state index contributed by atoms with van der Waals surface area (Å²) < 4.78 is 0. The maximum absolute atomic E-state index is 9.54. The Morgan fingerprint density at radius 1 is 1.07 bits per heavy atom. The Hall–Kier alpha value is -0.200. The number of aliphatic hydroxyl groups is 5. The maximum atomic E-state index is 9.54. The first kappa shape index (κ1) is 11.9. The molecule has 6 atom stereocenters. The van der Waals surface area contributed by atoms with E-state index >= 15 is 0 Å². The van der Waals surface area contributed by atoms with Gasteiger partial charge in [0.25, 0.3) is 0 Å². The molecule has 0 bridgehead atoms. The first-order chi connectivity index (χ1) is 6.49. The van der Waals surface area contributed by atoms with Gasteiger partial charge in [0.05, 0.1) is 24.9 Å². The van der Waals surface area contributed by atoms with Crippen molar-refractivity contribution < 1.29 is 25.5 Å². The van der Waals surface area contributed by atoms with Crippen LogP contribution in [0.15, 0.2) is 0 Å². The van der Waals surface area contributed by atoms with Gasteiger partial charge in [-0.25, -0.2) is 0 Å². The highest BCUT2D eigenvalue weighted by atomic mass is 16.4. The monoisotopic (exact) mass is 206 g/mol. The molecule has 1 saturated carbocycles. The predicted molar refractivity (Wildman–Crippen MR) is 48.4 cm³/mol. The van der Waals surface area contributed by atoms with Crippen LogP contribution < -0.4 is 0 Å². The average Bonchev–Trinajstić information content (AvgIpc) is 2.35. The van der Waals surface area contributed by atoms with Crippen molar-refractivity contribution in [2.45, 2.75) is 37.8 Å². The molecule has 1 aliphatic carbocycles. The van der Waals surface area contributed by atoms with Crippen LogP contribution in [0.4, 0.5) is 0 Å². The van der Waals surface area contributed by atoms with Gasteiger partial charge >= 0.3 is 0 Å². The normalized spacial score (nSPS) is 45.4. The number of hydrogen-bond donors (Lipinski definition) is 5. The lowest BCUT2D eigenvalue weighted by molar-refractivity contribution is -0.0328. The van der Waals surface area contributed by atoms with Crippen LogP contribution in [0.25, 0.3) is 0 Å². The van der Waals surface area contributed by atoms with Crippen LogP contribution in [-0.2, 0) is 0 Å². The lowest BCUT2D eigenvalue weighted by Crippen LogP contribution is -2.31. The van der Waals surface area contributed by atoms with Gasteiger partial charge in [0.2, 0.25) is 0 Å². The van der Waals surface area contributed by atoms with Gasteiger partial charge in [-0.2, -0.15) is 0 Å². The Morgan fingerprint density at radius 2 is 1.64 bits per heavy atom. The summed E-state index contributed by atoms with van der Waals surface area (Å²) in [5, 5.41) is 46.2. The molecule has 0 aromatic rings. The molecular formula is C9H18O5. The minimum absolute atomic E-state index is 0.187. The Balaban J connectivity index is 2.60. The van der Waals surface area contributed by atoms with E-state index in [0.717, 1.165) is 0 Å². The molecule has 1 aliphatic rings. The molecular weight excluding hydrogens is 188 g/mol. The van der Waals surface area contributed by atoms with Crippen LogP contribution >= 0.6 is 0 Å². The van der Waals surface area contributed by atoms with E-state index in [2.05, 4.69) is 0 Å². The largest absolute Gasteiger partial charge is 0.394 e. The molecule has 1 rings (SSSR count). The second-order valence-electron chi connectivity index (χ2n) is 4.07. The van der Waals surface area contributed by atoms with Gasteiger partial charge in [0.1, 0.15) is 6.10 Å². The average molecular weight is 206 g/mol. The summed E-state index contributed by atoms with van der Waals surface area (Å²) >= 11 is 0. The van der Waals surface area contributed by atoms with Crippen molar-refractivity contribution in [3.63, 3.8) is 0 Å². The molecule has 5 nitrogen and oxygen atoms in total. The Bertz CT molecular complexity index is 172. The lowest BCUT2D eigenvalue weighted by Gasteiger charge is -2.21. The summed E-state index contributed by atoms with van der Waals surface area (Å²) in [6.07, 6.45) is -3.86. The second kappa shape index (κ2) is 4.55. The number of rotatable bonds is 3. The zero-order valence-corrected chi connectivity index (χ0v) is 8.11. The van der Waals surface area contributed by atoms with Crippen molar-refractivity contribution in [3.8, 4) is 0 Å². The maximum Gasteiger partial charge on any atom is 0.106 e. The fraction of sp³-hybridized carbons (Fsp3) is 1.00. The van der Waals surface area contributed by atoms with Crippen LogP contribution in [0.2, 0.25) is 0 Å². The van der Waals surface area contributed by atoms with E-state index in [1.165, 1.54) is 0 Å². The fourth-order valence-electron chi connectivity index (χ4n) is 2.07. The van der Waals surface area contributed by atoms with Crippen LogP contribution in [0.5, 0.6) is 0 Å². The summed E-state index contributed by atoms with van der Waals surface area (Å²) in [6, 6.07) is 0. The molecule has 0 radical (unpaired) electrons. The second-order valence-corrected chi connectivity index (χ2v) is 4.07. The van der Waals surface area contributed by atoms with Crippen LogP contribution in [0, 0.1) is 11.8 Å². The minimum Gasteiger partial charge on any atom is -0.394 e. The summed E-state index contributed by atoms with van der Waals surface area (Å²) in [4.78, 5) is 0. The van der Waals surface area contributed by atoms with Crippen LogP contribution in [-0.4, -0.2) is 56.6 Å². The third kappa shape index (κ3) is 2.07. The summed E-state index contributed by atoms with van der Waals surface area (Å²) in [5.41, 5.74) is 0. The van der Waals surface area contributed by atoms with Gasteiger partial charge in [0.15, 0.2) is 0 Å². The van der Waals surface area contributed by atoms with E-state index in [9.17, 15) is 20.4 Å². The molecule has 14 heavy (non-hydrogen) atoms. The smallest absolute Gasteiger partial charge is 0.106 e. The fourth-order valence-corrected chi connectivity index (χ4v) is 2.07. The lowest BCUT2D eigenvalue weighted by atomic mass is 9.90. The predicted octanol–water partition coefficient (Wildman–Crippen LogP) is -1.92. The highest BCUT2D eigenvalue weighted by molar-refractivity contribution is 4.96. The van der Waals surface area contributed by atoms with E-state index in [1.807, 2.05) is 0 Å². The van der Waals surface area contributed by atoms with Crippen molar-refractivity contribution in [1.82, 2.24) is 0 Å². The molecule has 0 amide bonds. The molecule has 0 spiro atoms. The van der Waals surface area contributed by atoms with Gasteiger partial charge < -0.3 is 25.5 Å². The van der Waals surface area contributed by atoms with Crippen molar-refractivity contribution in [2.24, 2.45) is 11.8 Å². The van der Waals surface area contributed by atoms with Crippen molar-refractivity contribution in [1.29, 1.82) is 0 Å². The molecule has 0 saturated heterocycles. The van der Waals surface area contributed by atoms with E-state index in [-0.39, 0.29) is 24.9 Å². The molecule has 1 fully saturated rings. The molecule has 0 aliphatic heterocycles. The Morgan fingerprint density at radius 3 is 2.00 bits per heavy atom. The molecule has 0 heterocycles. The van der Waals surface area contributed by atoms with Crippen LogP contribution in [0.3, 0.4) is 0 Å². The van der Waals surface area contributed by atoms with E-state index in [1.54, 1.807) is 6.92 Å². The van der Waals surface area contributed by atoms with E-state index in [0.29, 0.717) is 0 Å². The van der Waals surface area contributed by atoms with Gasteiger partial charge in [0, 0.05) is 0 Å². The third-order valence-corrected chi connectivity index (χ3v) is 3.11.